The number of nitrogens with one attached hydrogen (secondary N) is 1. The minimum atomic E-state index is -3.66. The smallest absolute Gasteiger partial charge is 0.246 e. The van der Waals surface area contributed by atoms with E-state index in [1.807, 2.05) is 6.07 Å². The van der Waals surface area contributed by atoms with Crippen LogP contribution in [0.3, 0.4) is 0 Å². The third-order valence-corrected chi connectivity index (χ3v) is 7.60. The van der Waals surface area contributed by atoms with Gasteiger partial charge >= 0.3 is 0 Å². The summed E-state index contributed by atoms with van der Waals surface area (Å²) in [6.45, 7) is 4.12. The molecule has 0 aliphatic carbocycles. The maximum atomic E-state index is 13.2. The van der Waals surface area contributed by atoms with E-state index in [1.54, 1.807) is 40.2 Å². The summed E-state index contributed by atoms with van der Waals surface area (Å²) in [5.74, 6) is 1.82. The molecule has 0 spiro atoms. The number of benzene rings is 1. The second-order valence-corrected chi connectivity index (χ2v) is 9.37. The highest BCUT2D eigenvalue weighted by Crippen LogP contribution is 2.34. The molecule has 31 heavy (non-hydrogen) atoms. The van der Waals surface area contributed by atoms with Crippen LogP contribution in [0.1, 0.15) is 36.0 Å². The Morgan fingerprint density at radius 3 is 2.65 bits per heavy atom. The van der Waals surface area contributed by atoms with E-state index in [9.17, 15) is 8.42 Å². The van der Waals surface area contributed by atoms with E-state index >= 15 is 0 Å². The Kier molecular flexibility index (Phi) is 5.71. The molecule has 11 heteroatoms. The molecule has 1 N–H and O–H groups in total. The van der Waals surface area contributed by atoms with Gasteiger partial charge in [0, 0.05) is 18.7 Å². The normalized spacial score (nSPS) is 17.6. The number of nitrogens with zero attached hydrogens (tertiary/aromatic N) is 4. The number of hydrogen-bond donors (Lipinski definition) is 1. The molecule has 3 heterocycles. The maximum Gasteiger partial charge on any atom is 0.246 e. The van der Waals surface area contributed by atoms with Crippen molar-refractivity contribution in [1.29, 1.82) is 0 Å². The molecule has 3 aromatic rings. The van der Waals surface area contributed by atoms with Gasteiger partial charge in [-0.1, -0.05) is 5.16 Å². The lowest BCUT2D eigenvalue weighted by molar-refractivity contribution is 0.265. The van der Waals surface area contributed by atoms with Crippen molar-refractivity contribution in [3.8, 4) is 22.9 Å². The van der Waals surface area contributed by atoms with Gasteiger partial charge in [0.15, 0.2) is 11.5 Å². The first-order valence-electron chi connectivity index (χ1n) is 9.93. The standard InChI is InChI=1S/C20H25N5O5S/c1-12-18(13(2)23-22-12)31(26,27)25-9-5-6-15(11-25)20-21-19(24-30-20)14-7-8-16(28-3)17(10-14)29-4/h7-8,10,15H,5-6,9,11H2,1-4H3,(H,22,23)/t15-/m1/s1. The van der Waals surface area contributed by atoms with Crippen LogP contribution in [-0.4, -0.2) is 60.4 Å². The average molecular weight is 448 g/mol. The Hall–Kier alpha value is -2.92. The van der Waals surface area contributed by atoms with E-state index in [-0.39, 0.29) is 17.4 Å². The Bertz CT molecular complexity index is 1170. The molecule has 1 fully saturated rings. The molecule has 0 amide bonds. The molecule has 1 saturated heterocycles. The van der Waals surface area contributed by atoms with E-state index in [4.69, 9.17) is 14.0 Å². The SMILES string of the molecule is COc1ccc(-c2noc([C@@H]3CCCN(S(=O)(=O)c4c(C)n[nH]c4C)C3)n2)cc1OC. The summed E-state index contributed by atoms with van der Waals surface area (Å²) in [5, 5.41) is 10.9. The third kappa shape index (κ3) is 3.90. The molecule has 1 aromatic carbocycles. The number of methoxy groups -OCH3 is 2. The zero-order chi connectivity index (χ0) is 22.2. The van der Waals surface area contributed by atoms with Gasteiger partial charge in [0.05, 0.1) is 31.5 Å². The van der Waals surface area contributed by atoms with Gasteiger partial charge in [0.25, 0.3) is 0 Å². The predicted octanol–water partition coefficient (Wildman–Crippen LogP) is 2.66. The third-order valence-electron chi connectivity index (χ3n) is 5.48. The summed E-state index contributed by atoms with van der Waals surface area (Å²) >= 11 is 0. The summed E-state index contributed by atoms with van der Waals surface area (Å²) in [6, 6.07) is 5.36. The van der Waals surface area contributed by atoms with Crippen LogP contribution in [0.4, 0.5) is 0 Å². The van der Waals surface area contributed by atoms with Crippen LogP contribution in [0.2, 0.25) is 0 Å². The topological polar surface area (TPSA) is 123 Å². The molecule has 0 saturated carbocycles. The number of H-pyrrole nitrogens is 1. The molecule has 166 valence electrons. The molecule has 2 aromatic heterocycles. The predicted molar refractivity (Wildman–Crippen MR) is 112 cm³/mol. The van der Waals surface area contributed by atoms with Crippen LogP contribution in [0.5, 0.6) is 11.5 Å². The van der Waals surface area contributed by atoms with Crippen LogP contribution in [0, 0.1) is 13.8 Å². The molecule has 0 unspecified atom stereocenters. The monoisotopic (exact) mass is 447 g/mol. The van der Waals surface area contributed by atoms with E-state index in [0.29, 0.717) is 47.6 Å². The van der Waals surface area contributed by atoms with E-state index in [0.717, 1.165) is 12.0 Å². The summed E-state index contributed by atoms with van der Waals surface area (Å²) in [7, 11) is -0.536. The summed E-state index contributed by atoms with van der Waals surface area (Å²) in [6.07, 6.45) is 1.47. The van der Waals surface area contributed by atoms with Crippen molar-refractivity contribution < 1.29 is 22.4 Å². The van der Waals surface area contributed by atoms with Crippen molar-refractivity contribution in [2.24, 2.45) is 0 Å². The molecule has 0 radical (unpaired) electrons. The lowest BCUT2D eigenvalue weighted by Gasteiger charge is -2.30. The first-order chi connectivity index (χ1) is 14.8. The van der Waals surface area contributed by atoms with Crippen molar-refractivity contribution in [1.82, 2.24) is 24.6 Å². The van der Waals surface area contributed by atoms with Gasteiger partial charge < -0.3 is 14.0 Å². The molecule has 4 rings (SSSR count). The summed E-state index contributed by atoms with van der Waals surface area (Å²) < 4.78 is 44.0. The number of hydrogen-bond acceptors (Lipinski definition) is 8. The highest BCUT2D eigenvalue weighted by atomic mass is 32.2. The van der Waals surface area contributed by atoms with Crippen molar-refractivity contribution in [2.75, 3.05) is 27.3 Å². The largest absolute Gasteiger partial charge is 0.493 e. The lowest BCUT2D eigenvalue weighted by Crippen LogP contribution is -2.39. The molecule has 10 nitrogen and oxygen atoms in total. The van der Waals surface area contributed by atoms with Crippen molar-refractivity contribution in [3.05, 3.63) is 35.5 Å². The zero-order valence-electron chi connectivity index (χ0n) is 17.9. The zero-order valence-corrected chi connectivity index (χ0v) is 18.7. The number of aryl methyl sites for hydroxylation is 2. The number of aromatic amines is 1. The minimum Gasteiger partial charge on any atom is -0.493 e. The number of piperidine rings is 1. The molecule has 1 aliphatic rings. The number of sulfonamides is 1. The molecule has 1 aliphatic heterocycles. The highest BCUT2D eigenvalue weighted by molar-refractivity contribution is 7.89. The lowest BCUT2D eigenvalue weighted by atomic mass is 10.00. The van der Waals surface area contributed by atoms with Crippen LogP contribution < -0.4 is 9.47 Å². The van der Waals surface area contributed by atoms with Gasteiger partial charge in [-0.05, 0) is 44.9 Å². The highest BCUT2D eigenvalue weighted by Gasteiger charge is 2.35. The van der Waals surface area contributed by atoms with Crippen molar-refractivity contribution in [2.45, 2.75) is 37.5 Å². The second-order valence-electron chi connectivity index (χ2n) is 7.49. The average Bonchev–Trinajstić information content (AvgIpc) is 3.40. The first kappa shape index (κ1) is 21.3. The van der Waals surface area contributed by atoms with Crippen LogP contribution in [0.25, 0.3) is 11.4 Å². The Morgan fingerprint density at radius 1 is 1.19 bits per heavy atom. The molecule has 1 atom stereocenters. The second kappa shape index (κ2) is 8.31. The van der Waals surface area contributed by atoms with Gasteiger partial charge in [0.1, 0.15) is 4.90 Å². The van der Waals surface area contributed by atoms with Crippen molar-refractivity contribution in [3.63, 3.8) is 0 Å². The van der Waals surface area contributed by atoms with Crippen LogP contribution in [0.15, 0.2) is 27.6 Å². The fourth-order valence-corrected chi connectivity index (χ4v) is 5.76. The molecule has 0 bridgehead atoms. The van der Waals surface area contributed by atoms with Gasteiger partial charge in [-0.3, -0.25) is 5.10 Å². The fourth-order valence-electron chi connectivity index (χ4n) is 3.91. The Morgan fingerprint density at radius 2 is 1.97 bits per heavy atom. The Balaban J connectivity index is 1.57. The maximum absolute atomic E-state index is 13.2. The van der Waals surface area contributed by atoms with Gasteiger partial charge in [0.2, 0.25) is 21.7 Å². The quantitative estimate of drug-likeness (QED) is 0.612. The van der Waals surface area contributed by atoms with E-state index in [2.05, 4.69) is 20.3 Å². The fraction of sp³-hybridized carbons (Fsp3) is 0.450. The summed E-state index contributed by atoms with van der Waals surface area (Å²) in [5.41, 5.74) is 1.72. The summed E-state index contributed by atoms with van der Waals surface area (Å²) in [4.78, 5) is 4.78. The van der Waals surface area contributed by atoms with Gasteiger partial charge in [-0.15, -0.1) is 0 Å². The van der Waals surface area contributed by atoms with Gasteiger partial charge in [-0.25, -0.2) is 8.42 Å². The van der Waals surface area contributed by atoms with E-state index < -0.39 is 10.0 Å². The van der Waals surface area contributed by atoms with E-state index in [1.165, 1.54) is 4.31 Å². The molecular weight excluding hydrogens is 422 g/mol. The number of aromatic nitrogens is 4. The van der Waals surface area contributed by atoms with Crippen molar-refractivity contribution >= 4 is 10.0 Å². The van der Waals surface area contributed by atoms with Crippen LogP contribution in [-0.2, 0) is 10.0 Å². The number of ether oxygens (including phenoxy) is 2. The Labute approximate surface area is 180 Å². The molecular formula is C20H25N5O5S. The van der Waals surface area contributed by atoms with Gasteiger partial charge in [-0.2, -0.15) is 14.4 Å². The minimum absolute atomic E-state index is 0.183. The van der Waals surface area contributed by atoms with Crippen LogP contribution >= 0.6 is 0 Å². The number of rotatable bonds is 6. The first-order valence-corrected chi connectivity index (χ1v) is 11.4.